The number of carbonyl (C=O) groups excluding carboxylic acids is 1. The number of hydrogen-bond donors (Lipinski definition) is 1. The second kappa shape index (κ2) is 6.40. The number of amides is 1. The van der Waals surface area contributed by atoms with Gasteiger partial charge in [-0.3, -0.25) is 13.8 Å². The summed E-state index contributed by atoms with van der Waals surface area (Å²) < 4.78 is 3.37. The summed E-state index contributed by atoms with van der Waals surface area (Å²) in [5.41, 5.74) is 1.01. The van der Waals surface area contributed by atoms with Crippen LogP contribution in [0.4, 0.5) is 0 Å². The number of nitrogens with one attached hydrogen (secondary N) is 1. The van der Waals surface area contributed by atoms with E-state index in [1.54, 1.807) is 27.4 Å². The lowest BCUT2D eigenvalue weighted by atomic mass is 9.96. The molecule has 0 radical (unpaired) electrons. The number of H-pyrrole nitrogens is 1. The number of fused-ring (bicyclic) bond motifs is 1. The van der Waals surface area contributed by atoms with Gasteiger partial charge < -0.3 is 4.90 Å². The Morgan fingerprint density at radius 1 is 1.42 bits per heavy atom. The molecule has 1 amide bonds. The van der Waals surface area contributed by atoms with Gasteiger partial charge in [-0.15, -0.1) is 0 Å². The molecule has 1 N–H and O–H groups in total. The van der Waals surface area contributed by atoms with Crippen LogP contribution in [0.3, 0.4) is 0 Å². The van der Waals surface area contributed by atoms with E-state index in [-0.39, 0.29) is 17.5 Å². The van der Waals surface area contributed by atoms with Gasteiger partial charge in [0.25, 0.3) is 5.91 Å². The van der Waals surface area contributed by atoms with E-state index in [0.717, 1.165) is 18.7 Å². The van der Waals surface area contributed by atoms with Crippen LogP contribution in [0.15, 0.2) is 23.3 Å². The van der Waals surface area contributed by atoms with Crippen LogP contribution in [0.25, 0.3) is 5.78 Å². The monoisotopic (exact) mass is 355 g/mol. The Morgan fingerprint density at radius 3 is 3.08 bits per heavy atom. The standard InChI is InChI=1S/C17H21N7O2/c1-3-23-14(20-21-17(23)26)12-6-4-8-22(10-12)15(25)13-11(2)19-16-18-7-5-9-24(13)16/h5,7,9,12H,3-4,6,8,10H2,1-2H3,(H,21,26)/t12-/m0/s1. The summed E-state index contributed by atoms with van der Waals surface area (Å²) >= 11 is 0. The van der Waals surface area contributed by atoms with E-state index < -0.39 is 0 Å². The molecule has 1 atom stereocenters. The molecular weight excluding hydrogens is 334 g/mol. The summed E-state index contributed by atoms with van der Waals surface area (Å²) in [6.45, 7) is 5.53. The van der Waals surface area contributed by atoms with Crippen LogP contribution in [-0.4, -0.2) is 53.0 Å². The number of carbonyl (C=O) groups is 1. The molecule has 0 saturated carbocycles. The first-order valence-corrected chi connectivity index (χ1v) is 8.84. The highest BCUT2D eigenvalue weighted by Gasteiger charge is 2.31. The molecular formula is C17H21N7O2. The van der Waals surface area contributed by atoms with Crippen molar-refractivity contribution in [2.75, 3.05) is 13.1 Å². The van der Waals surface area contributed by atoms with Crippen LogP contribution >= 0.6 is 0 Å². The van der Waals surface area contributed by atoms with Crippen molar-refractivity contribution in [2.24, 2.45) is 0 Å². The third kappa shape index (κ3) is 2.59. The molecule has 1 aliphatic heterocycles. The smallest absolute Gasteiger partial charge is 0.337 e. The average Bonchev–Trinajstić information content (AvgIpc) is 3.19. The lowest BCUT2D eigenvalue weighted by Crippen LogP contribution is -2.40. The first-order chi connectivity index (χ1) is 12.6. The van der Waals surface area contributed by atoms with E-state index in [4.69, 9.17) is 0 Å². The van der Waals surface area contributed by atoms with Gasteiger partial charge in [-0.05, 0) is 32.8 Å². The summed E-state index contributed by atoms with van der Waals surface area (Å²) in [6.07, 6.45) is 5.24. The minimum atomic E-state index is -0.199. The molecule has 0 aliphatic carbocycles. The zero-order chi connectivity index (χ0) is 18.3. The maximum Gasteiger partial charge on any atom is 0.343 e. The number of likely N-dealkylation sites (tertiary alicyclic amines) is 1. The van der Waals surface area contributed by atoms with Crippen molar-refractivity contribution in [3.8, 4) is 0 Å². The molecule has 1 fully saturated rings. The van der Waals surface area contributed by atoms with Crippen molar-refractivity contribution in [3.05, 3.63) is 46.2 Å². The van der Waals surface area contributed by atoms with Gasteiger partial charge in [0.05, 0.1) is 5.69 Å². The molecule has 0 bridgehead atoms. The van der Waals surface area contributed by atoms with E-state index in [1.807, 2.05) is 18.7 Å². The van der Waals surface area contributed by atoms with E-state index in [9.17, 15) is 9.59 Å². The number of hydrogen-bond acceptors (Lipinski definition) is 5. The lowest BCUT2D eigenvalue weighted by Gasteiger charge is -2.32. The zero-order valence-corrected chi connectivity index (χ0v) is 14.8. The van der Waals surface area contributed by atoms with E-state index in [2.05, 4.69) is 20.2 Å². The van der Waals surface area contributed by atoms with Crippen LogP contribution < -0.4 is 5.69 Å². The fourth-order valence-electron chi connectivity index (χ4n) is 3.72. The Morgan fingerprint density at radius 2 is 2.27 bits per heavy atom. The highest BCUT2D eigenvalue weighted by atomic mass is 16.2. The third-order valence-electron chi connectivity index (χ3n) is 4.96. The summed E-state index contributed by atoms with van der Waals surface area (Å²) in [4.78, 5) is 35.4. The SMILES string of the molecule is CCn1c([C@H]2CCCN(C(=O)c3c(C)nc4ncccn34)C2)n[nH]c1=O. The van der Waals surface area contributed by atoms with Crippen molar-refractivity contribution in [3.63, 3.8) is 0 Å². The summed E-state index contributed by atoms with van der Waals surface area (Å²) in [6, 6.07) is 1.79. The normalized spacial score (nSPS) is 17.8. The molecule has 0 aromatic carbocycles. The molecule has 4 heterocycles. The fourth-order valence-corrected chi connectivity index (χ4v) is 3.72. The average molecular weight is 355 g/mol. The fraction of sp³-hybridized carbons (Fsp3) is 0.471. The van der Waals surface area contributed by atoms with E-state index in [1.165, 1.54) is 0 Å². The van der Waals surface area contributed by atoms with Crippen molar-refractivity contribution in [1.29, 1.82) is 0 Å². The summed E-state index contributed by atoms with van der Waals surface area (Å²) in [5.74, 6) is 1.23. The Labute approximate surface area is 149 Å². The predicted molar refractivity (Wildman–Crippen MR) is 94.1 cm³/mol. The molecule has 4 rings (SSSR count). The van der Waals surface area contributed by atoms with Crippen LogP contribution in [0, 0.1) is 6.92 Å². The number of imidazole rings is 1. The van der Waals surface area contributed by atoms with Crippen LogP contribution in [0.1, 0.15) is 47.7 Å². The number of aromatic amines is 1. The Bertz CT molecular complexity index is 1020. The second-order valence-corrected chi connectivity index (χ2v) is 6.56. The van der Waals surface area contributed by atoms with Crippen LogP contribution in [0.2, 0.25) is 0 Å². The minimum absolute atomic E-state index is 0.0456. The van der Waals surface area contributed by atoms with Gasteiger partial charge in [-0.1, -0.05) is 0 Å². The van der Waals surface area contributed by atoms with Gasteiger partial charge in [-0.25, -0.2) is 19.9 Å². The molecule has 3 aromatic rings. The first-order valence-electron chi connectivity index (χ1n) is 8.84. The van der Waals surface area contributed by atoms with Gasteiger partial charge in [0.1, 0.15) is 11.5 Å². The largest absolute Gasteiger partial charge is 0.343 e. The Kier molecular flexibility index (Phi) is 4.06. The highest BCUT2D eigenvalue weighted by molar-refractivity contribution is 5.94. The van der Waals surface area contributed by atoms with Gasteiger partial charge in [0.2, 0.25) is 5.78 Å². The van der Waals surface area contributed by atoms with Gasteiger partial charge >= 0.3 is 5.69 Å². The van der Waals surface area contributed by atoms with E-state index in [0.29, 0.717) is 36.8 Å². The molecule has 3 aromatic heterocycles. The second-order valence-electron chi connectivity index (χ2n) is 6.56. The molecule has 1 aliphatic rings. The Hall–Kier alpha value is -2.97. The van der Waals surface area contributed by atoms with Gasteiger partial charge in [0.15, 0.2) is 0 Å². The Balaban J connectivity index is 1.64. The maximum absolute atomic E-state index is 13.2. The number of nitrogens with zero attached hydrogens (tertiary/aromatic N) is 6. The first kappa shape index (κ1) is 16.5. The van der Waals surface area contributed by atoms with Crippen molar-refractivity contribution in [2.45, 2.75) is 39.2 Å². The number of piperidine rings is 1. The van der Waals surface area contributed by atoms with Gasteiger partial charge in [-0.2, -0.15) is 5.10 Å². The molecule has 136 valence electrons. The number of aryl methyl sites for hydroxylation is 1. The molecule has 1 saturated heterocycles. The highest BCUT2D eigenvalue weighted by Crippen LogP contribution is 2.26. The van der Waals surface area contributed by atoms with Crippen molar-refractivity contribution >= 4 is 11.7 Å². The predicted octanol–water partition coefficient (Wildman–Crippen LogP) is 0.962. The zero-order valence-electron chi connectivity index (χ0n) is 14.8. The molecule has 9 nitrogen and oxygen atoms in total. The van der Waals surface area contributed by atoms with E-state index >= 15 is 0 Å². The van der Waals surface area contributed by atoms with Crippen molar-refractivity contribution in [1.82, 2.24) is 34.0 Å². The topological polar surface area (TPSA) is 101 Å². The summed E-state index contributed by atoms with van der Waals surface area (Å²) in [7, 11) is 0. The molecule has 0 spiro atoms. The van der Waals surface area contributed by atoms with Crippen LogP contribution in [0.5, 0.6) is 0 Å². The third-order valence-corrected chi connectivity index (χ3v) is 4.96. The molecule has 9 heteroatoms. The lowest BCUT2D eigenvalue weighted by molar-refractivity contribution is 0.0695. The van der Waals surface area contributed by atoms with Gasteiger partial charge in [0, 0.05) is 37.9 Å². The summed E-state index contributed by atoms with van der Waals surface area (Å²) in [5, 5.41) is 6.72. The van der Waals surface area contributed by atoms with Crippen molar-refractivity contribution < 1.29 is 4.79 Å². The molecule has 0 unspecified atom stereocenters. The number of aromatic nitrogens is 6. The van der Waals surface area contributed by atoms with Crippen LogP contribution in [-0.2, 0) is 6.54 Å². The maximum atomic E-state index is 13.2. The quantitative estimate of drug-likeness (QED) is 0.754. The molecule has 26 heavy (non-hydrogen) atoms. The minimum Gasteiger partial charge on any atom is -0.337 e. The number of rotatable bonds is 3.